The van der Waals surface area contributed by atoms with Crippen molar-refractivity contribution in [2.24, 2.45) is 0 Å². The minimum Gasteiger partial charge on any atom is -0.392 e. The maximum absolute atomic E-state index is 12.3. The van der Waals surface area contributed by atoms with Gasteiger partial charge in [0.15, 0.2) is 9.84 Å². The Kier molecular flexibility index (Phi) is 6.62. The zero-order valence-electron chi connectivity index (χ0n) is 13.4. The number of rotatable bonds is 6. The van der Waals surface area contributed by atoms with Crippen LogP contribution in [0.4, 0.5) is 0 Å². The van der Waals surface area contributed by atoms with E-state index in [0.717, 1.165) is 0 Å². The molecule has 1 rings (SSSR count). The van der Waals surface area contributed by atoms with Gasteiger partial charge in [-0.05, 0) is 27.2 Å². The number of nitrogens with zero attached hydrogens (tertiary/aromatic N) is 2. The van der Waals surface area contributed by atoms with Crippen molar-refractivity contribution in [2.75, 3.05) is 32.7 Å². The molecule has 0 aromatic heterocycles. The monoisotopic (exact) mass is 320 g/mol. The molecule has 0 aliphatic carbocycles. The van der Waals surface area contributed by atoms with Gasteiger partial charge in [-0.3, -0.25) is 9.69 Å². The van der Waals surface area contributed by atoms with Crippen LogP contribution in [0.3, 0.4) is 0 Å². The van der Waals surface area contributed by atoms with Crippen molar-refractivity contribution in [1.82, 2.24) is 9.80 Å². The van der Waals surface area contributed by atoms with E-state index < -0.39 is 20.3 Å². The number of β-amino-alcohol motifs (C(OH)–C–C–N with tert-alkyl or cyclic N) is 1. The van der Waals surface area contributed by atoms with Crippen LogP contribution in [0, 0.1) is 0 Å². The Hall–Kier alpha value is -0.660. The van der Waals surface area contributed by atoms with Crippen LogP contribution in [0.25, 0.3) is 0 Å². The molecular formula is C14H28N2O4S. The minimum atomic E-state index is -3.41. The lowest BCUT2D eigenvalue weighted by atomic mass is 10.2. The second kappa shape index (κ2) is 7.56. The summed E-state index contributed by atoms with van der Waals surface area (Å²) >= 11 is 0. The highest BCUT2D eigenvalue weighted by Crippen LogP contribution is 2.14. The molecule has 1 aliphatic rings. The summed E-state index contributed by atoms with van der Waals surface area (Å²) in [7, 11) is -3.41. The predicted molar refractivity (Wildman–Crippen MR) is 82.8 cm³/mol. The van der Waals surface area contributed by atoms with Crippen LogP contribution in [0.15, 0.2) is 0 Å². The van der Waals surface area contributed by atoms with Crippen LogP contribution < -0.4 is 0 Å². The van der Waals surface area contributed by atoms with Crippen LogP contribution in [-0.2, 0) is 14.6 Å². The number of carbonyl (C=O) groups excluding carboxylic acids is 1. The molecule has 0 aromatic rings. The number of carbonyl (C=O) groups is 1. The quantitative estimate of drug-likeness (QED) is 0.752. The van der Waals surface area contributed by atoms with Crippen LogP contribution in [-0.4, -0.2) is 78.6 Å². The summed E-state index contributed by atoms with van der Waals surface area (Å²) in [5, 5.41) is 8.11. The van der Waals surface area contributed by atoms with Gasteiger partial charge < -0.3 is 10.0 Å². The largest absolute Gasteiger partial charge is 0.392 e. The first-order chi connectivity index (χ1) is 9.70. The van der Waals surface area contributed by atoms with Gasteiger partial charge in [0.2, 0.25) is 5.91 Å². The van der Waals surface area contributed by atoms with E-state index in [1.165, 1.54) is 6.92 Å². The summed E-state index contributed by atoms with van der Waals surface area (Å²) in [4.78, 5) is 16.0. The summed E-state index contributed by atoms with van der Waals surface area (Å²) in [5.41, 5.74) is 0. The van der Waals surface area contributed by atoms with E-state index >= 15 is 0 Å². The Labute approximate surface area is 128 Å². The summed E-state index contributed by atoms with van der Waals surface area (Å²) < 4.78 is 24.1. The van der Waals surface area contributed by atoms with Crippen molar-refractivity contribution < 1.29 is 18.3 Å². The molecule has 1 heterocycles. The third-order valence-electron chi connectivity index (χ3n) is 4.12. The summed E-state index contributed by atoms with van der Waals surface area (Å²) in [6, 6.07) is 0. The molecule has 6 nitrogen and oxygen atoms in total. The van der Waals surface area contributed by atoms with Crippen LogP contribution in [0.5, 0.6) is 0 Å². The fourth-order valence-corrected chi connectivity index (χ4v) is 3.63. The van der Waals surface area contributed by atoms with Crippen molar-refractivity contribution in [1.29, 1.82) is 0 Å². The number of sulfone groups is 1. The molecule has 7 heteroatoms. The van der Waals surface area contributed by atoms with Crippen LogP contribution >= 0.6 is 0 Å². The maximum atomic E-state index is 12.3. The van der Waals surface area contributed by atoms with Gasteiger partial charge in [-0.15, -0.1) is 0 Å². The molecule has 0 bridgehead atoms. The van der Waals surface area contributed by atoms with E-state index in [9.17, 15) is 18.3 Å². The second-order valence-electron chi connectivity index (χ2n) is 5.97. The van der Waals surface area contributed by atoms with E-state index in [4.69, 9.17) is 0 Å². The lowest BCUT2D eigenvalue weighted by molar-refractivity contribution is -0.132. The highest BCUT2D eigenvalue weighted by Gasteiger charge is 2.34. The van der Waals surface area contributed by atoms with E-state index in [-0.39, 0.29) is 12.0 Å². The highest BCUT2D eigenvalue weighted by molar-refractivity contribution is 7.93. The van der Waals surface area contributed by atoms with Crippen molar-refractivity contribution in [2.45, 2.75) is 50.7 Å². The van der Waals surface area contributed by atoms with Gasteiger partial charge in [-0.25, -0.2) is 8.42 Å². The van der Waals surface area contributed by atoms with Crippen LogP contribution in [0.1, 0.15) is 34.1 Å². The van der Waals surface area contributed by atoms with Crippen molar-refractivity contribution in [3.8, 4) is 0 Å². The summed E-state index contributed by atoms with van der Waals surface area (Å²) in [6.45, 7) is 9.62. The standard InChI is InChI=1S/C14H28N2O4S/c1-5-13(17)10-15-6-8-16(9-7-15)14(18)12(4)21(19,20)11(2)3/h11-13,17H,5-10H2,1-4H3. The van der Waals surface area contributed by atoms with Gasteiger partial charge in [0.1, 0.15) is 5.25 Å². The van der Waals surface area contributed by atoms with E-state index in [1.807, 2.05) is 6.92 Å². The lowest BCUT2D eigenvalue weighted by Crippen LogP contribution is -2.53. The van der Waals surface area contributed by atoms with Crippen molar-refractivity contribution in [3.05, 3.63) is 0 Å². The third kappa shape index (κ3) is 4.66. The number of aliphatic hydroxyl groups is 1. The molecular weight excluding hydrogens is 292 g/mol. The topological polar surface area (TPSA) is 77.9 Å². The summed E-state index contributed by atoms with van der Waals surface area (Å²) in [6.07, 6.45) is 0.371. The molecule has 1 N–H and O–H groups in total. The molecule has 21 heavy (non-hydrogen) atoms. The number of aliphatic hydroxyl groups excluding tert-OH is 1. The number of hydrogen-bond donors (Lipinski definition) is 1. The van der Waals surface area contributed by atoms with E-state index in [1.54, 1.807) is 18.7 Å². The van der Waals surface area contributed by atoms with Crippen molar-refractivity contribution in [3.63, 3.8) is 0 Å². The Bertz CT molecular complexity index is 442. The van der Waals surface area contributed by atoms with Gasteiger partial charge in [0.25, 0.3) is 0 Å². The average molecular weight is 320 g/mol. The molecule has 0 radical (unpaired) electrons. The van der Waals surface area contributed by atoms with E-state index in [2.05, 4.69) is 4.90 Å². The molecule has 2 atom stereocenters. The van der Waals surface area contributed by atoms with Gasteiger partial charge in [-0.1, -0.05) is 6.92 Å². The first-order valence-electron chi connectivity index (χ1n) is 7.62. The highest BCUT2D eigenvalue weighted by atomic mass is 32.2. The Morgan fingerprint density at radius 2 is 1.67 bits per heavy atom. The van der Waals surface area contributed by atoms with E-state index in [0.29, 0.717) is 39.1 Å². The first-order valence-corrected chi connectivity index (χ1v) is 9.23. The van der Waals surface area contributed by atoms with Gasteiger partial charge in [0, 0.05) is 32.7 Å². The molecule has 0 aromatic carbocycles. The first kappa shape index (κ1) is 18.4. The molecule has 124 valence electrons. The second-order valence-corrected chi connectivity index (χ2v) is 8.80. The number of piperazine rings is 1. The SMILES string of the molecule is CCC(O)CN1CCN(C(=O)C(C)S(=O)(=O)C(C)C)CC1. The Morgan fingerprint density at radius 3 is 2.10 bits per heavy atom. The van der Waals surface area contributed by atoms with Crippen LogP contribution in [0.2, 0.25) is 0 Å². The number of amides is 1. The number of hydrogen-bond acceptors (Lipinski definition) is 5. The maximum Gasteiger partial charge on any atom is 0.240 e. The molecule has 1 amide bonds. The van der Waals surface area contributed by atoms with Gasteiger partial charge in [0.05, 0.1) is 11.4 Å². The summed E-state index contributed by atoms with van der Waals surface area (Å²) in [5.74, 6) is -0.306. The third-order valence-corrected chi connectivity index (χ3v) is 6.62. The Morgan fingerprint density at radius 1 is 1.14 bits per heavy atom. The molecule has 0 spiro atoms. The average Bonchev–Trinajstić information content (AvgIpc) is 2.46. The lowest BCUT2D eigenvalue weighted by Gasteiger charge is -2.36. The molecule has 1 saturated heterocycles. The van der Waals surface area contributed by atoms with Gasteiger partial charge >= 0.3 is 0 Å². The van der Waals surface area contributed by atoms with Gasteiger partial charge in [-0.2, -0.15) is 0 Å². The zero-order chi connectivity index (χ0) is 16.2. The minimum absolute atomic E-state index is 0.306. The molecule has 1 aliphatic heterocycles. The predicted octanol–water partition coefficient (Wildman–Crippen LogP) is 0.113. The molecule has 1 fully saturated rings. The van der Waals surface area contributed by atoms with Crippen molar-refractivity contribution >= 4 is 15.7 Å². The fraction of sp³-hybridized carbons (Fsp3) is 0.929. The smallest absolute Gasteiger partial charge is 0.240 e. The Balaban J connectivity index is 2.56. The molecule has 0 saturated carbocycles. The normalized spacial score (nSPS) is 20.6. The zero-order valence-corrected chi connectivity index (χ0v) is 14.3. The fourth-order valence-electron chi connectivity index (χ4n) is 2.38. The molecule has 2 unspecified atom stereocenters.